The predicted molar refractivity (Wildman–Crippen MR) is 140 cm³/mol. The third-order valence-electron chi connectivity index (χ3n) is 5.32. The van der Waals surface area contributed by atoms with Gasteiger partial charge >= 0.3 is 0 Å². The van der Waals surface area contributed by atoms with Crippen LogP contribution >= 0.6 is 0 Å². The highest BCUT2D eigenvalue weighted by Crippen LogP contribution is 2.27. The molecule has 0 saturated carbocycles. The van der Waals surface area contributed by atoms with Crippen molar-refractivity contribution in [2.75, 3.05) is 30.3 Å². The van der Waals surface area contributed by atoms with Gasteiger partial charge in [0.15, 0.2) is 0 Å². The van der Waals surface area contributed by atoms with Crippen LogP contribution in [0.1, 0.15) is 26.7 Å². The van der Waals surface area contributed by atoms with Crippen LogP contribution in [0.5, 0.6) is 17.4 Å². The zero-order valence-corrected chi connectivity index (χ0v) is 19.6. The minimum atomic E-state index is -0.741. The number of rotatable bonds is 11. The van der Waals surface area contributed by atoms with Crippen molar-refractivity contribution in [1.29, 1.82) is 0 Å². The van der Waals surface area contributed by atoms with Gasteiger partial charge in [0, 0.05) is 43.0 Å². The van der Waals surface area contributed by atoms with Crippen LogP contribution in [-0.4, -0.2) is 46.4 Å². The van der Waals surface area contributed by atoms with Gasteiger partial charge in [0.1, 0.15) is 11.5 Å². The molecule has 2 N–H and O–H groups in total. The molecule has 2 aromatic carbocycles. The average Bonchev–Trinajstić information content (AvgIpc) is 3.29. The Bertz CT molecular complexity index is 1250. The maximum Gasteiger partial charge on any atom is 0.260 e. The van der Waals surface area contributed by atoms with E-state index in [0.29, 0.717) is 36.7 Å². The van der Waals surface area contributed by atoms with Crippen LogP contribution in [0.3, 0.4) is 0 Å². The first-order valence-electron chi connectivity index (χ1n) is 11.5. The number of carbonyl (C=O) groups is 2. The Labute approximate surface area is 215 Å². The molecule has 0 aliphatic carbocycles. The number of benzene rings is 2. The zero-order chi connectivity index (χ0) is 25.3. The van der Waals surface area contributed by atoms with Gasteiger partial charge in [0.25, 0.3) is 5.88 Å². The number of hydrogen-bond acceptors (Lipinski definition) is 7. The van der Waals surface area contributed by atoms with E-state index < -0.39 is 5.82 Å². The van der Waals surface area contributed by atoms with E-state index in [2.05, 4.69) is 27.2 Å². The highest BCUT2D eigenvalue weighted by atomic mass is 19.1. The Morgan fingerprint density at radius 3 is 2.68 bits per heavy atom. The van der Waals surface area contributed by atoms with E-state index in [4.69, 9.17) is 9.47 Å². The lowest BCUT2D eigenvalue weighted by molar-refractivity contribution is -0.127. The van der Waals surface area contributed by atoms with E-state index in [1.807, 2.05) is 17.0 Å². The highest BCUT2D eigenvalue weighted by molar-refractivity contribution is 5.98. The molecule has 0 unspecified atom stereocenters. The largest absolute Gasteiger partial charge is 0.493 e. The third kappa shape index (κ3) is 7.76. The molecule has 1 fully saturated rings. The summed E-state index contributed by atoms with van der Waals surface area (Å²) in [5.41, 5.74) is 1.11. The van der Waals surface area contributed by atoms with E-state index in [1.54, 1.807) is 30.3 Å². The topological polar surface area (TPSA) is 106 Å². The van der Waals surface area contributed by atoms with Gasteiger partial charge in [-0.3, -0.25) is 9.59 Å². The maximum absolute atomic E-state index is 14.3. The number of nitrogens with zero attached hydrogens (tertiary/aromatic N) is 3. The van der Waals surface area contributed by atoms with E-state index in [1.165, 1.54) is 6.07 Å². The molecule has 1 aromatic heterocycles. The zero-order valence-electron chi connectivity index (χ0n) is 19.6. The van der Waals surface area contributed by atoms with Crippen LogP contribution in [0.2, 0.25) is 0 Å². The van der Waals surface area contributed by atoms with Crippen LogP contribution in [0.4, 0.5) is 21.7 Å². The normalized spacial score (nSPS) is 12.5. The number of anilines is 3. The number of nitrogens with one attached hydrogen (secondary N) is 2. The van der Waals surface area contributed by atoms with Crippen molar-refractivity contribution in [2.45, 2.75) is 26.7 Å². The van der Waals surface area contributed by atoms with Crippen molar-refractivity contribution >= 4 is 29.1 Å². The average molecular weight is 508 g/mol. The minimum Gasteiger partial charge on any atom is -0.493 e. The quantitative estimate of drug-likeness (QED) is 0.268. The monoisotopic (exact) mass is 507 g/mol. The molecule has 2 amide bonds. The Hall–Kier alpha value is -4.47. The summed E-state index contributed by atoms with van der Waals surface area (Å²) >= 11 is 0. The summed E-state index contributed by atoms with van der Waals surface area (Å²) in [4.78, 5) is 33.2. The lowest BCUT2D eigenvalue weighted by atomic mass is 10.3. The summed E-state index contributed by atoms with van der Waals surface area (Å²) in [5.74, 6) is -0.127. The molecule has 1 aliphatic rings. The van der Waals surface area contributed by atoms with Gasteiger partial charge in [-0.2, -0.15) is 9.37 Å². The van der Waals surface area contributed by atoms with Crippen molar-refractivity contribution in [3.05, 3.63) is 73.2 Å². The first kappa shape index (κ1) is 27.1. The molecular formula is C27H30FN5O4. The molecular weight excluding hydrogens is 477 g/mol. The number of aromatic nitrogens is 2. The van der Waals surface area contributed by atoms with Crippen molar-refractivity contribution < 1.29 is 23.5 Å². The number of hydrogen-bond donors (Lipinski definition) is 2. The van der Waals surface area contributed by atoms with E-state index >= 15 is 0 Å². The summed E-state index contributed by atoms with van der Waals surface area (Å²) in [5, 5.41) is 5.62. The number of halogens is 1. The van der Waals surface area contributed by atoms with Gasteiger partial charge in [0.2, 0.25) is 23.6 Å². The maximum atomic E-state index is 14.3. The first-order valence-corrected chi connectivity index (χ1v) is 11.5. The molecule has 10 heteroatoms. The van der Waals surface area contributed by atoms with E-state index in [0.717, 1.165) is 31.7 Å². The van der Waals surface area contributed by atoms with E-state index in [-0.39, 0.29) is 36.8 Å². The van der Waals surface area contributed by atoms with Crippen molar-refractivity contribution in [1.82, 2.24) is 14.9 Å². The van der Waals surface area contributed by atoms with E-state index in [9.17, 15) is 14.0 Å². The number of likely N-dealkylation sites (tertiary alicyclic amines) is 1. The Kier molecular flexibility index (Phi) is 9.54. The van der Waals surface area contributed by atoms with Gasteiger partial charge in [-0.1, -0.05) is 26.1 Å². The summed E-state index contributed by atoms with van der Waals surface area (Å²) in [7, 11) is 0. The van der Waals surface area contributed by atoms with Crippen LogP contribution < -0.4 is 20.1 Å². The lowest BCUT2D eigenvalue weighted by Crippen LogP contribution is -2.26. The number of carbonyl (C=O) groups excluding carboxylic acids is 2. The van der Waals surface area contributed by atoms with Crippen molar-refractivity contribution in [3.63, 3.8) is 0 Å². The van der Waals surface area contributed by atoms with Crippen LogP contribution in [0.15, 0.2) is 67.4 Å². The van der Waals surface area contributed by atoms with Gasteiger partial charge in [-0.25, -0.2) is 4.98 Å². The molecule has 3 aromatic rings. The first-order chi connectivity index (χ1) is 17.5. The Morgan fingerprint density at radius 2 is 1.92 bits per heavy atom. The van der Waals surface area contributed by atoms with Gasteiger partial charge in [-0.05, 0) is 43.2 Å². The van der Waals surface area contributed by atoms with Crippen LogP contribution in [0.25, 0.3) is 0 Å². The molecule has 9 nitrogen and oxygen atoms in total. The van der Waals surface area contributed by atoms with Gasteiger partial charge in [0.05, 0.1) is 12.8 Å². The predicted octanol–water partition coefficient (Wildman–Crippen LogP) is 5.30. The SMILES string of the molecule is C.C=CC(=O)Nc1cccc(Oc2nc(Nc3cccc(OCCCN4CCCC4=O)c3)ncc2F)c1. The molecule has 4 rings (SSSR count). The molecule has 0 radical (unpaired) electrons. The molecule has 37 heavy (non-hydrogen) atoms. The summed E-state index contributed by atoms with van der Waals surface area (Å²) in [6.07, 6.45) is 4.45. The summed E-state index contributed by atoms with van der Waals surface area (Å²) < 4.78 is 25.7. The Morgan fingerprint density at radius 1 is 1.16 bits per heavy atom. The molecule has 1 saturated heterocycles. The fourth-order valence-electron chi connectivity index (χ4n) is 3.60. The highest BCUT2D eigenvalue weighted by Gasteiger charge is 2.19. The second-order valence-electron chi connectivity index (χ2n) is 8.01. The molecule has 0 atom stereocenters. The Balaban J connectivity index is 0.00000380. The fourth-order valence-corrected chi connectivity index (χ4v) is 3.60. The van der Waals surface area contributed by atoms with Crippen LogP contribution in [-0.2, 0) is 9.59 Å². The summed E-state index contributed by atoms with van der Waals surface area (Å²) in [6.45, 7) is 5.39. The molecule has 2 heterocycles. The second-order valence-corrected chi connectivity index (χ2v) is 8.01. The van der Waals surface area contributed by atoms with Crippen LogP contribution in [0, 0.1) is 5.82 Å². The second kappa shape index (κ2) is 13.0. The molecule has 194 valence electrons. The standard InChI is InChI=1S/C26H26FN5O4.CH4/c1-2-23(33)29-18-7-4-10-21(16-18)36-25-22(27)17-28-26(31-25)30-19-8-3-9-20(15-19)35-14-6-13-32-12-5-11-24(32)34;/h2-4,7-10,15-17H,1,5-6,11-14H2,(H,29,33)(H,28,30,31);1H4. The van der Waals surface area contributed by atoms with Crippen molar-refractivity contribution in [2.24, 2.45) is 0 Å². The fraction of sp³-hybridized carbons (Fsp3) is 0.259. The lowest BCUT2D eigenvalue weighted by Gasteiger charge is -2.15. The third-order valence-corrected chi connectivity index (χ3v) is 5.32. The summed E-state index contributed by atoms with van der Waals surface area (Å²) in [6, 6.07) is 13.7. The minimum absolute atomic E-state index is 0. The molecule has 0 spiro atoms. The van der Waals surface area contributed by atoms with Gasteiger partial charge in [-0.15, -0.1) is 0 Å². The number of amides is 2. The van der Waals surface area contributed by atoms with Crippen molar-refractivity contribution in [3.8, 4) is 17.4 Å². The number of ether oxygens (including phenoxy) is 2. The molecule has 1 aliphatic heterocycles. The van der Waals surface area contributed by atoms with Gasteiger partial charge < -0.3 is 25.0 Å². The smallest absolute Gasteiger partial charge is 0.260 e. The molecule has 0 bridgehead atoms.